The summed E-state index contributed by atoms with van der Waals surface area (Å²) in [6, 6.07) is 0.518. The molecule has 10 heteroatoms. The third-order valence-corrected chi connectivity index (χ3v) is 3.67. The number of anilines is 1. The molecule has 0 saturated heterocycles. The number of pyridine rings is 1. The molecular weight excluding hydrogens is 368 g/mol. The highest BCUT2D eigenvalue weighted by molar-refractivity contribution is 6.33. The molecule has 1 N–H and O–H groups in total. The molecule has 24 heavy (non-hydrogen) atoms. The second kappa shape index (κ2) is 7.40. The van der Waals surface area contributed by atoms with Gasteiger partial charge in [0.25, 0.3) is 0 Å². The van der Waals surface area contributed by atoms with E-state index >= 15 is 0 Å². The average Bonchev–Trinajstić information content (AvgIpc) is 2.49. The van der Waals surface area contributed by atoms with E-state index in [2.05, 4.69) is 20.3 Å². The molecule has 2 aromatic rings. The van der Waals surface area contributed by atoms with Gasteiger partial charge >= 0.3 is 6.18 Å². The van der Waals surface area contributed by atoms with E-state index < -0.39 is 11.7 Å². The summed E-state index contributed by atoms with van der Waals surface area (Å²) in [5.41, 5.74) is -0.316. The second-order valence-electron chi connectivity index (χ2n) is 4.99. The van der Waals surface area contributed by atoms with E-state index in [0.29, 0.717) is 22.7 Å². The Hall–Kier alpha value is -1.80. The third-order valence-electron chi connectivity index (χ3n) is 2.95. The Morgan fingerprint density at radius 1 is 1.25 bits per heavy atom. The fourth-order valence-corrected chi connectivity index (χ4v) is 2.10. The van der Waals surface area contributed by atoms with E-state index in [4.69, 9.17) is 27.9 Å². The highest BCUT2D eigenvalue weighted by atomic mass is 35.5. The maximum atomic E-state index is 12.6. The summed E-state index contributed by atoms with van der Waals surface area (Å²) in [5.74, 6) is 0.357. The number of alkyl halides is 3. The lowest BCUT2D eigenvalue weighted by atomic mass is 10.3. The number of ether oxygens (including phenoxy) is 1. The molecule has 2 aromatic heterocycles. The van der Waals surface area contributed by atoms with Gasteiger partial charge in [0.15, 0.2) is 0 Å². The summed E-state index contributed by atoms with van der Waals surface area (Å²) in [4.78, 5) is 11.6. The first kappa shape index (κ1) is 18.5. The van der Waals surface area contributed by atoms with E-state index in [1.165, 1.54) is 6.33 Å². The van der Waals surface area contributed by atoms with Crippen molar-refractivity contribution in [3.8, 4) is 5.88 Å². The van der Waals surface area contributed by atoms with Gasteiger partial charge in [-0.05, 0) is 19.9 Å². The van der Waals surface area contributed by atoms with Gasteiger partial charge in [-0.3, -0.25) is 0 Å². The third kappa shape index (κ3) is 4.61. The van der Waals surface area contributed by atoms with Crippen LogP contribution in [0.2, 0.25) is 10.0 Å². The van der Waals surface area contributed by atoms with E-state index in [1.54, 1.807) is 13.8 Å². The monoisotopic (exact) mass is 380 g/mol. The summed E-state index contributed by atoms with van der Waals surface area (Å²) in [6.45, 7) is 3.62. The summed E-state index contributed by atoms with van der Waals surface area (Å²) in [6.07, 6.45) is -2.47. The summed E-state index contributed by atoms with van der Waals surface area (Å²) in [7, 11) is 0. The number of nitrogens with one attached hydrogen (secondary N) is 1. The summed E-state index contributed by atoms with van der Waals surface area (Å²) in [5, 5.41) is 3.19. The number of nitrogens with zero attached hydrogens (tertiary/aromatic N) is 3. The van der Waals surface area contributed by atoms with Crippen molar-refractivity contribution in [3.63, 3.8) is 0 Å². The lowest BCUT2D eigenvalue weighted by Crippen LogP contribution is -2.24. The van der Waals surface area contributed by atoms with Crippen molar-refractivity contribution in [1.82, 2.24) is 15.0 Å². The highest BCUT2D eigenvalue weighted by Gasteiger charge is 2.31. The first-order chi connectivity index (χ1) is 11.2. The molecule has 0 aliphatic rings. The lowest BCUT2D eigenvalue weighted by Gasteiger charge is -2.17. The minimum absolute atomic E-state index is 0.0803. The quantitative estimate of drug-likeness (QED) is 0.833. The van der Waals surface area contributed by atoms with Crippen LogP contribution >= 0.6 is 23.2 Å². The van der Waals surface area contributed by atoms with E-state index in [1.807, 2.05) is 0 Å². The van der Waals surface area contributed by atoms with E-state index in [9.17, 15) is 13.2 Å². The van der Waals surface area contributed by atoms with Gasteiger partial charge in [0, 0.05) is 6.20 Å². The van der Waals surface area contributed by atoms with E-state index in [0.717, 1.165) is 6.07 Å². The maximum Gasteiger partial charge on any atom is 0.417 e. The minimum Gasteiger partial charge on any atom is -0.474 e. The zero-order valence-electron chi connectivity index (χ0n) is 12.7. The average molecular weight is 381 g/mol. The molecule has 2 rings (SSSR count). The van der Waals surface area contributed by atoms with Crippen LogP contribution in [0.15, 0.2) is 18.6 Å². The predicted octanol–water partition coefficient (Wildman–Crippen LogP) is 4.39. The topological polar surface area (TPSA) is 59.9 Å². The highest BCUT2D eigenvalue weighted by Crippen LogP contribution is 2.33. The zero-order chi connectivity index (χ0) is 17.9. The number of aromatic nitrogens is 3. The standard InChI is InChI=1S/C14H13Cl2F3N4O/c1-7(23-12-11(16)8(2)21-6-22-12)5-24-13-10(15)3-9(4-20-13)14(17,18)19/h3-4,6-7H,5H2,1-2H3,(H,21,22,23)/t7-/m0/s1. The van der Waals surface area contributed by atoms with Crippen LogP contribution < -0.4 is 10.1 Å². The molecule has 5 nitrogen and oxygen atoms in total. The van der Waals surface area contributed by atoms with Crippen LogP contribution in [0.1, 0.15) is 18.2 Å². The number of rotatable bonds is 5. The summed E-state index contributed by atoms with van der Waals surface area (Å²) >= 11 is 11.8. The van der Waals surface area contributed by atoms with Gasteiger partial charge in [-0.25, -0.2) is 15.0 Å². The molecule has 0 bridgehead atoms. The molecule has 0 saturated carbocycles. The largest absolute Gasteiger partial charge is 0.474 e. The number of halogens is 5. The van der Waals surface area contributed by atoms with Crippen LogP contribution in [0.3, 0.4) is 0 Å². The van der Waals surface area contributed by atoms with Crippen LogP contribution in [-0.4, -0.2) is 27.6 Å². The first-order valence-corrected chi connectivity index (χ1v) is 7.53. The fourth-order valence-electron chi connectivity index (χ4n) is 1.72. The van der Waals surface area contributed by atoms with Crippen molar-refractivity contribution in [2.24, 2.45) is 0 Å². The Labute approximate surface area is 146 Å². The molecule has 0 spiro atoms. The Morgan fingerprint density at radius 3 is 2.58 bits per heavy atom. The molecule has 0 aliphatic heterocycles. The van der Waals surface area contributed by atoms with Gasteiger partial charge < -0.3 is 10.1 Å². The van der Waals surface area contributed by atoms with Gasteiger partial charge in [0.05, 0.1) is 17.3 Å². The van der Waals surface area contributed by atoms with Crippen molar-refractivity contribution in [2.75, 3.05) is 11.9 Å². The van der Waals surface area contributed by atoms with Gasteiger partial charge in [-0.2, -0.15) is 13.2 Å². The molecule has 0 aromatic carbocycles. The zero-order valence-corrected chi connectivity index (χ0v) is 14.2. The van der Waals surface area contributed by atoms with Crippen LogP contribution in [0.4, 0.5) is 19.0 Å². The lowest BCUT2D eigenvalue weighted by molar-refractivity contribution is -0.137. The van der Waals surface area contributed by atoms with Crippen molar-refractivity contribution in [1.29, 1.82) is 0 Å². The minimum atomic E-state index is -4.51. The molecule has 0 radical (unpaired) electrons. The molecule has 0 aliphatic carbocycles. The molecule has 0 amide bonds. The van der Waals surface area contributed by atoms with Crippen molar-refractivity contribution in [2.45, 2.75) is 26.1 Å². The molecule has 2 heterocycles. The van der Waals surface area contributed by atoms with Gasteiger partial charge in [0.2, 0.25) is 5.88 Å². The Kier molecular flexibility index (Phi) is 5.71. The SMILES string of the molecule is Cc1ncnc(N[C@@H](C)COc2ncc(C(F)(F)F)cc2Cl)c1Cl. The number of hydrogen-bond donors (Lipinski definition) is 1. The van der Waals surface area contributed by atoms with E-state index in [-0.39, 0.29) is 23.6 Å². The van der Waals surface area contributed by atoms with Gasteiger partial charge in [-0.1, -0.05) is 23.2 Å². The first-order valence-electron chi connectivity index (χ1n) is 6.77. The van der Waals surface area contributed by atoms with Gasteiger partial charge in [-0.15, -0.1) is 0 Å². The Balaban J connectivity index is 1.99. The van der Waals surface area contributed by atoms with Crippen molar-refractivity contribution in [3.05, 3.63) is 39.9 Å². The molecule has 130 valence electrons. The molecular formula is C14H13Cl2F3N4O. The maximum absolute atomic E-state index is 12.6. The van der Waals surface area contributed by atoms with Gasteiger partial charge in [0.1, 0.15) is 28.8 Å². The van der Waals surface area contributed by atoms with Crippen LogP contribution in [0.25, 0.3) is 0 Å². The van der Waals surface area contributed by atoms with Crippen LogP contribution in [-0.2, 0) is 6.18 Å². The Morgan fingerprint density at radius 2 is 1.96 bits per heavy atom. The normalized spacial score (nSPS) is 12.8. The summed E-state index contributed by atoms with van der Waals surface area (Å²) < 4.78 is 43.0. The van der Waals surface area contributed by atoms with Crippen LogP contribution in [0.5, 0.6) is 5.88 Å². The molecule has 1 atom stereocenters. The Bertz CT molecular complexity index is 728. The van der Waals surface area contributed by atoms with Crippen LogP contribution in [0, 0.1) is 6.92 Å². The fraction of sp³-hybridized carbons (Fsp3) is 0.357. The predicted molar refractivity (Wildman–Crippen MR) is 84.6 cm³/mol. The number of hydrogen-bond acceptors (Lipinski definition) is 5. The molecule has 0 fully saturated rings. The second-order valence-corrected chi connectivity index (χ2v) is 5.77. The molecule has 0 unspecified atom stereocenters. The smallest absolute Gasteiger partial charge is 0.417 e. The van der Waals surface area contributed by atoms with Crippen molar-refractivity contribution >= 4 is 29.0 Å². The van der Waals surface area contributed by atoms with Crippen molar-refractivity contribution < 1.29 is 17.9 Å². The number of aryl methyl sites for hydroxylation is 1.